The molecule has 29 heavy (non-hydrogen) atoms. The van der Waals surface area contributed by atoms with Gasteiger partial charge in [0, 0.05) is 0 Å². The van der Waals surface area contributed by atoms with Crippen molar-refractivity contribution in [3.05, 3.63) is 41.0 Å². The molecule has 0 aromatic rings. The molecule has 0 aromatic heterocycles. The molecular weight excluding hydrogens is 474 g/mol. The third kappa shape index (κ3) is 7.22. The quantitative estimate of drug-likeness (QED) is 0.465. The molecule has 0 unspecified atom stereocenters. The Morgan fingerprint density at radius 2 is 1.03 bits per heavy atom. The van der Waals surface area contributed by atoms with Gasteiger partial charge in [-0.05, 0) is 0 Å². The van der Waals surface area contributed by atoms with Crippen LogP contribution in [0, 0.1) is 22.7 Å². The van der Waals surface area contributed by atoms with Crippen molar-refractivity contribution >= 4 is 0 Å². The smallest absolute Gasteiger partial charge is 1.00 e. The Morgan fingerprint density at radius 3 is 1.31 bits per heavy atom. The Labute approximate surface area is 205 Å². The summed E-state index contributed by atoms with van der Waals surface area (Å²) in [6, 6.07) is 0. The standard InChI is InChI=1S/2C13H21.2ClH.Zr/c2*1-10(2)9-13(4,5)12-7-6-11(3)8-12;;;/h2*7,10H,6,9H2,1-5H3;2*1H;/q;;;;+2/p-2. The maximum atomic E-state index is 2.57. The van der Waals surface area contributed by atoms with Gasteiger partial charge in [0.1, 0.15) is 0 Å². The number of allylic oxidation sites excluding steroid dienone is 8. The minimum absolute atomic E-state index is 0. The van der Waals surface area contributed by atoms with E-state index in [0.29, 0.717) is 10.8 Å². The van der Waals surface area contributed by atoms with Crippen LogP contribution in [0.3, 0.4) is 0 Å². The van der Waals surface area contributed by atoms with Gasteiger partial charge in [-0.25, -0.2) is 0 Å². The molecule has 0 spiro atoms. The van der Waals surface area contributed by atoms with Crippen LogP contribution in [-0.4, -0.2) is 0 Å². The van der Waals surface area contributed by atoms with Gasteiger partial charge in [-0.3, -0.25) is 0 Å². The molecule has 0 N–H and O–H groups in total. The van der Waals surface area contributed by atoms with Crippen molar-refractivity contribution in [3.8, 4) is 0 Å². The predicted octanol–water partition coefficient (Wildman–Crippen LogP) is 2.43. The second-order valence-electron chi connectivity index (χ2n) is 11.0. The molecule has 0 fully saturated rings. The van der Waals surface area contributed by atoms with Gasteiger partial charge in [-0.15, -0.1) is 0 Å². The summed E-state index contributed by atoms with van der Waals surface area (Å²) in [5.41, 5.74) is 7.37. The van der Waals surface area contributed by atoms with Crippen molar-refractivity contribution in [3.63, 3.8) is 0 Å². The average molecular weight is 517 g/mol. The maximum Gasteiger partial charge on any atom is -1.00 e. The molecule has 0 radical (unpaired) electrons. The summed E-state index contributed by atoms with van der Waals surface area (Å²) in [6.07, 6.45) is 10.1. The molecule has 0 amide bonds. The molecule has 0 heterocycles. The molecule has 0 nitrogen and oxygen atoms in total. The average Bonchev–Trinajstić information content (AvgIpc) is 3.02. The van der Waals surface area contributed by atoms with Crippen LogP contribution in [0.2, 0.25) is 0 Å². The van der Waals surface area contributed by atoms with E-state index in [4.69, 9.17) is 0 Å². The summed E-state index contributed by atoms with van der Waals surface area (Å²) >= 11 is -0.781. The fraction of sp³-hybridized carbons (Fsp3) is 0.692. The summed E-state index contributed by atoms with van der Waals surface area (Å²) < 4.78 is 3.62. The van der Waals surface area contributed by atoms with Gasteiger partial charge < -0.3 is 24.8 Å². The number of hydrogen-bond donors (Lipinski definition) is 0. The third-order valence-corrected chi connectivity index (χ3v) is 10.8. The molecule has 0 saturated heterocycles. The topological polar surface area (TPSA) is 0 Å². The number of hydrogen-bond acceptors (Lipinski definition) is 0. The first-order valence-corrected chi connectivity index (χ1v) is 13.4. The molecule has 0 bridgehead atoms. The fourth-order valence-electron chi connectivity index (χ4n) is 5.34. The monoisotopic (exact) mass is 514 g/mol. The molecule has 0 aliphatic heterocycles. The zero-order valence-electron chi connectivity index (χ0n) is 20.4. The van der Waals surface area contributed by atoms with Gasteiger partial charge in [0.2, 0.25) is 0 Å². The van der Waals surface area contributed by atoms with Crippen LogP contribution in [0.4, 0.5) is 0 Å². The normalized spacial score (nSPS) is 17.4. The first kappa shape index (κ1) is 29.4. The van der Waals surface area contributed by atoms with E-state index in [-0.39, 0.29) is 24.8 Å². The Morgan fingerprint density at radius 1 is 0.724 bits per heavy atom. The zero-order chi connectivity index (χ0) is 20.6. The summed E-state index contributed by atoms with van der Waals surface area (Å²) in [5, 5.41) is 0. The van der Waals surface area contributed by atoms with Crippen LogP contribution in [-0.2, 0) is 23.2 Å². The third-order valence-electron chi connectivity index (χ3n) is 6.16. The minimum Gasteiger partial charge on any atom is -1.00 e. The van der Waals surface area contributed by atoms with Crippen molar-refractivity contribution < 1.29 is 48.0 Å². The molecule has 2 aliphatic carbocycles. The second kappa shape index (κ2) is 11.3. The van der Waals surface area contributed by atoms with Crippen molar-refractivity contribution in [2.75, 3.05) is 0 Å². The Kier molecular flexibility index (Phi) is 11.5. The van der Waals surface area contributed by atoms with E-state index in [1.807, 2.05) is 6.56 Å². The fourth-order valence-corrected chi connectivity index (χ4v) is 10.3. The van der Waals surface area contributed by atoms with Crippen LogP contribution in [0.1, 0.15) is 94.9 Å². The minimum atomic E-state index is -0.781. The van der Waals surface area contributed by atoms with E-state index < -0.39 is 23.2 Å². The van der Waals surface area contributed by atoms with E-state index >= 15 is 0 Å². The second-order valence-corrected chi connectivity index (χ2v) is 14.1. The summed E-state index contributed by atoms with van der Waals surface area (Å²) in [4.78, 5) is 0. The zero-order valence-corrected chi connectivity index (χ0v) is 24.4. The first-order chi connectivity index (χ1) is 12.3. The van der Waals surface area contributed by atoms with Crippen LogP contribution in [0.15, 0.2) is 41.0 Å². The van der Waals surface area contributed by atoms with Gasteiger partial charge in [0.15, 0.2) is 0 Å². The maximum absolute atomic E-state index is 2.57. The molecule has 164 valence electrons. The molecule has 0 saturated carbocycles. The Bertz CT molecular complexity index is 640. The number of halogens is 2. The van der Waals surface area contributed by atoms with Crippen LogP contribution in [0.5, 0.6) is 0 Å². The van der Waals surface area contributed by atoms with Gasteiger partial charge in [-0.1, -0.05) is 0 Å². The van der Waals surface area contributed by atoms with E-state index in [1.165, 1.54) is 25.7 Å². The van der Waals surface area contributed by atoms with Gasteiger partial charge in [-0.2, -0.15) is 0 Å². The number of rotatable bonds is 8. The van der Waals surface area contributed by atoms with Crippen molar-refractivity contribution in [1.82, 2.24) is 0 Å². The molecule has 2 rings (SSSR count). The van der Waals surface area contributed by atoms with Crippen molar-refractivity contribution in [1.29, 1.82) is 0 Å². The van der Waals surface area contributed by atoms with Crippen LogP contribution >= 0.6 is 0 Å². The molecule has 3 heteroatoms. The van der Waals surface area contributed by atoms with Gasteiger partial charge >= 0.3 is 182 Å². The summed E-state index contributed by atoms with van der Waals surface area (Å²) in [7, 11) is 0. The van der Waals surface area contributed by atoms with E-state index in [0.717, 1.165) is 11.8 Å². The Balaban J connectivity index is 0.00000392. The molecule has 0 atom stereocenters. The van der Waals surface area contributed by atoms with E-state index in [2.05, 4.69) is 81.4 Å². The molecular formula is C26H42Cl2Zr. The van der Waals surface area contributed by atoms with Crippen molar-refractivity contribution in [2.45, 2.75) is 94.9 Å². The van der Waals surface area contributed by atoms with Crippen LogP contribution < -0.4 is 24.8 Å². The Hall–Kier alpha value is 0.423. The van der Waals surface area contributed by atoms with Gasteiger partial charge in [0.25, 0.3) is 0 Å². The predicted molar refractivity (Wildman–Crippen MR) is 117 cm³/mol. The summed E-state index contributed by atoms with van der Waals surface area (Å²) in [6.45, 7) is 24.2. The molecule has 0 aromatic carbocycles. The van der Waals surface area contributed by atoms with Crippen molar-refractivity contribution in [2.24, 2.45) is 22.7 Å². The SMILES string of the molecule is CC1=[C]([Zr+2][C]2=C(C)CC=C2C(C)(C)CC(C)C)C(C(C)(C)CC(C)C)=CC1.[Cl-].[Cl-]. The first-order valence-electron chi connectivity index (χ1n) is 10.9. The van der Waals surface area contributed by atoms with Crippen LogP contribution in [0.25, 0.3) is 0 Å². The summed E-state index contributed by atoms with van der Waals surface area (Å²) in [5.74, 6) is 1.50. The van der Waals surface area contributed by atoms with E-state index in [1.54, 1.807) is 22.3 Å². The largest absolute Gasteiger partial charge is 1.00 e. The molecule has 2 aliphatic rings. The van der Waals surface area contributed by atoms with Gasteiger partial charge in [0.05, 0.1) is 0 Å². The van der Waals surface area contributed by atoms with E-state index in [9.17, 15) is 0 Å².